The number of amides is 1. The molecule has 0 aliphatic heterocycles. The van der Waals surface area contributed by atoms with Gasteiger partial charge in [0.25, 0.3) is 0 Å². The number of aromatic nitrogens is 1. The molecular weight excluding hydrogens is 490 g/mol. The lowest BCUT2D eigenvalue weighted by atomic mass is 9.98. The van der Waals surface area contributed by atoms with Crippen LogP contribution in [0.15, 0.2) is 102 Å². The second kappa shape index (κ2) is 11.4. The lowest BCUT2D eigenvalue weighted by Gasteiger charge is -2.15. The van der Waals surface area contributed by atoms with Crippen LogP contribution < -0.4 is 14.8 Å². The summed E-state index contributed by atoms with van der Waals surface area (Å²) in [5, 5.41) is 13.5. The highest BCUT2D eigenvalue weighted by Gasteiger charge is 2.27. The van der Waals surface area contributed by atoms with Gasteiger partial charge >= 0.3 is 0 Å². The number of benzene rings is 3. The van der Waals surface area contributed by atoms with Crippen LogP contribution in [0.5, 0.6) is 11.5 Å². The third kappa shape index (κ3) is 5.27. The van der Waals surface area contributed by atoms with Crippen LogP contribution in [-0.4, -0.2) is 24.7 Å². The van der Waals surface area contributed by atoms with Crippen LogP contribution in [0.4, 0.5) is 5.82 Å². The van der Waals surface area contributed by atoms with Gasteiger partial charge in [0.15, 0.2) is 11.5 Å². The number of nitrogens with zero attached hydrogens (tertiary/aromatic N) is 2. The van der Waals surface area contributed by atoms with Gasteiger partial charge < -0.3 is 23.8 Å². The zero-order valence-electron chi connectivity index (χ0n) is 21.7. The second-order valence-electron chi connectivity index (χ2n) is 8.87. The van der Waals surface area contributed by atoms with E-state index in [0.717, 1.165) is 27.9 Å². The van der Waals surface area contributed by atoms with Gasteiger partial charge in [0.1, 0.15) is 23.2 Å². The van der Waals surface area contributed by atoms with E-state index in [1.807, 2.05) is 83.4 Å². The van der Waals surface area contributed by atoms with Crippen LogP contribution in [-0.2, 0) is 17.8 Å². The summed E-state index contributed by atoms with van der Waals surface area (Å²) in [6, 6.07) is 31.0. The van der Waals surface area contributed by atoms with Gasteiger partial charge in [0.05, 0.1) is 39.1 Å². The predicted molar refractivity (Wildman–Crippen MR) is 150 cm³/mol. The molecule has 5 rings (SSSR count). The molecule has 0 fully saturated rings. The van der Waals surface area contributed by atoms with Crippen molar-refractivity contribution in [2.75, 3.05) is 19.5 Å². The number of anilines is 1. The third-order valence-electron chi connectivity index (χ3n) is 6.45. The SMILES string of the molecule is COc1ccc(CC(=O)Nc2c(C#N)c(-c3ccccc3)c(-c3ccccc3)n2Cc2ccco2)cc1OC. The largest absolute Gasteiger partial charge is 0.493 e. The number of ether oxygens (including phenoxy) is 2. The highest BCUT2D eigenvalue weighted by Crippen LogP contribution is 2.42. The normalized spacial score (nSPS) is 10.6. The molecule has 1 amide bonds. The van der Waals surface area contributed by atoms with E-state index in [-0.39, 0.29) is 12.3 Å². The van der Waals surface area contributed by atoms with E-state index < -0.39 is 0 Å². The minimum absolute atomic E-state index is 0.0818. The number of furan rings is 1. The van der Waals surface area contributed by atoms with Crippen molar-refractivity contribution in [3.63, 3.8) is 0 Å². The number of nitriles is 1. The molecule has 0 spiro atoms. The smallest absolute Gasteiger partial charge is 0.229 e. The monoisotopic (exact) mass is 517 g/mol. The maximum absolute atomic E-state index is 13.4. The van der Waals surface area contributed by atoms with Gasteiger partial charge in [-0.15, -0.1) is 0 Å². The van der Waals surface area contributed by atoms with Crippen LogP contribution in [0.25, 0.3) is 22.4 Å². The molecule has 2 heterocycles. The molecule has 0 atom stereocenters. The minimum atomic E-state index is -0.267. The molecule has 0 aliphatic carbocycles. The molecule has 7 heteroatoms. The van der Waals surface area contributed by atoms with Crippen molar-refractivity contribution in [1.82, 2.24) is 4.57 Å². The fourth-order valence-corrected chi connectivity index (χ4v) is 4.71. The fraction of sp³-hybridized carbons (Fsp3) is 0.125. The maximum Gasteiger partial charge on any atom is 0.229 e. The Morgan fingerprint density at radius 1 is 0.897 bits per heavy atom. The molecule has 0 saturated carbocycles. The first-order valence-corrected chi connectivity index (χ1v) is 12.4. The molecule has 0 aliphatic rings. The Labute approximate surface area is 226 Å². The van der Waals surface area contributed by atoms with E-state index in [4.69, 9.17) is 13.9 Å². The highest BCUT2D eigenvalue weighted by molar-refractivity contribution is 5.98. The number of nitrogens with one attached hydrogen (secondary N) is 1. The van der Waals surface area contributed by atoms with Gasteiger partial charge in [0, 0.05) is 5.56 Å². The van der Waals surface area contributed by atoms with Crippen molar-refractivity contribution >= 4 is 11.7 Å². The average Bonchev–Trinajstić information content (AvgIpc) is 3.60. The van der Waals surface area contributed by atoms with Crippen LogP contribution in [0.3, 0.4) is 0 Å². The van der Waals surface area contributed by atoms with Crippen molar-refractivity contribution in [2.24, 2.45) is 0 Å². The molecule has 3 aromatic carbocycles. The summed E-state index contributed by atoms with van der Waals surface area (Å²) in [6.07, 6.45) is 1.69. The minimum Gasteiger partial charge on any atom is -0.493 e. The summed E-state index contributed by atoms with van der Waals surface area (Å²) in [5.41, 5.74) is 4.49. The number of carbonyl (C=O) groups is 1. The fourth-order valence-electron chi connectivity index (χ4n) is 4.71. The number of carbonyl (C=O) groups excluding carboxylic acids is 1. The summed E-state index contributed by atoms with van der Waals surface area (Å²) in [6.45, 7) is 0.324. The van der Waals surface area contributed by atoms with Crippen molar-refractivity contribution in [3.05, 3.63) is 114 Å². The first-order chi connectivity index (χ1) is 19.1. The Kier molecular flexibility index (Phi) is 7.46. The van der Waals surface area contributed by atoms with Gasteiger partial charge in [-0.2, -0.15) is 5.26 Å². The predicted octanol–water partition coefficient (Wildman–Crippen LogP) is 6.53. The highest BCUT2D eigenvalue weighted by atomic mass is 16.5. The van der Waals surface area contributed by atoms with Gasteiger partial charge in [-0.3, -0.25) is 4.79 Å². The Morgan fingerprint density at radius 3 is 2.21 bits per heavy atom. The molecule has 0 unspecified atom stereocenters. The molecule has 0 bridgehead atoms. The number of hydrogen-bond acceptors (Lipinski definition) is 5. The molecule has 1 N–H and O–H groups in total. The molecule has 39 heavy (non-hydrogen) atoms. The quantitative estimate of drug-likeness (QED) is 0.240. The summed E-state index contributed by atoms with van der Waals surface area (Å²) < 4.78 is 18.3. The average molecular weight is 518 g/mol. The van der Waals surface area contributed by atoms with Crippen molar-refractivity contribution in [3.8, 4) is 40.0 Å². The van der Waals surface area contributed by atoms with Gasteiger partial charge in [-0.05, 0) is 41.0 Å². The van der Waals surface area contributed by atoms with Crippen LogP contribution in [0, 0.1) is 11.3 Å². The van der Waals surface area contributed by atoms with Crippen molar-refractivity contribution in [1.29, 1.82) is 5.26 Å². The van der Waals surface area contributed by atoms with Gasteiger partial charge in [-0.1, -0.05) is 66.7 Å². The van der Waals surface area contributed by atoms with E-state index >= 15 is 0 Å². The van der Waals surface area contributed by atoms with E-state index in [1.165, 1.54) is 0 Å². The zero-order valence-corrected chi connectivity index (χ0v) is 21.7. The summed E-state index contributed by atoms with van der Waals surface area (Å²) in [4.78, 5) is 13.4. The first kappa shape index (κ1) is 25.4. The van der Waals surface area contributed by atoms with E-state index in [9.17, 15) is 10.1 Å². The van der Waals surface area contributed by atoms with Crippen LogP contribution in [0.1, 0.15) is 16.9 Å². The summed E-state index contributed by atoms with van der Waals surface area (Å²) in [5.74, 6) is 1.97. The number of methoxy groups -OCH3 is 2. The molecular formula is C32H27N3O4. The molecule has 0 saturated heterocycles. The third-order valence-corrected chi connectivity index (χ3v) is 6.45. The van der Waals surface area contributed by atoms with Crippen molar-refractivity contribution < 1.29 is 18.7 Å². The van der Waals surface area contributed by atoms with Crippen LogP contribution >= 0.6 is 0 Å². The first-order valence-electron chi connectivity index (χ1n) is 12.4. The van der Waals surface area contributed by atoms with Crippen molar-refractivity contribution in [2.45, 2.75) is 13.0 Å². The molecule has 0 radical (unpaired) electrons. The Morgan fingerprint density at radius 2 is 1.59 bits per heavy atom. The molecule has 2 aromatic heterocycles. The standard InChI is InChI=1S/C32H27N3O4/c1-37-27-16-15-22(18-28(27)38-2)19-29(36)34-32-26(20-33)30(23-10-5-3-6-11-23)31(24-12-7-4-8-13-24)35(32)21-25-14-9-17-39-25/h3-18H,19,21H2,1-2H3,(H,34,36). The lowest BCUT2D eigenvalue weighted by Crippen LogP contribution is -2.18. The van der Waals surface area contributed by atoms with Gasteiger partial charge in [0.2, 0.25) is 5.91 Å². The Bertz CT molecular complexity index is 1620. The zero-order chi connectivity index (χ0) is 27.2. The number of rotatable bonds is 9. The molecule has 7 nitrogen and oxygen atoms in total. The lowest BCUT2D eigenvalue weighted by molar-refractivity contribution is -0.115. The van der Waals surface area contributed by atoms with E-state index in [0.29, 0.717) is 35.2 Å². The van der Waals surface area contributed by atoms with E-state index in [1.54, 1.807) is 32.6 Å². The van der Waals surface area contributed by atoms with E-state index in [2.05, 4.69) is 11.4 Å². The van der Waals surface area contributed by atoms with Gasteiger partial charge in [-0.25, -0.2) is 0 Å². The van der Waals surface area contributed by atoms with Crippen LogP contribution in [0.2, 0.25) is 0 Å². The number of hydrogen-bond donors (Lipinski definition) is 1. The second-order valence-corrected chi connectivity index (χ2v) is 8.87. The summed E-state index contributed by atoms with van der Waals surface area (Å²) in [7, 11) is 3.12. The maximum atomic E-state index is 13.4. The Balaban J connectivity index is 1.64. The molecule has 5 aromatic rings. The topological polar surface area (TPSA) is 89.4 Å². The molecule has 194 valence electrons. The Hall–Kier alpha value is -5.22. The summed E-state index contributed by atoms with van der Waals surface area (Å²) >= 11 is 0.